The van der Waals surface area contributed by atoms with Gasteiger partial charge in [0.1, 0.15) is 5.82 Å². The van der Waals surface area contributed by atoms with Gasteiger partial charge < -0.3 is 9.42 Å². The number of benzene rings is 2. The molecule has 0 atom stereocenters. The summed E-state index contributed by atoms with van der Waals surface area (Å²) in [7, 11) is 0. The number of aromatic nitrogens is 1. The molecule has 1 fully saturated rings. The van der Waals surface area contributed by atoms with E-state index in [4.69, 9.17) is 27.7 Å². The van der Waals surface area contributed by atoms with Crippen LogP contribution in [-0.4, -0.2) is 52.9 Å². The quantitative estimate of drug-likeness (QED) is 0.524. The van der Waals surface area contributed by atoms with Gasteiger partial charge in [0.2, 0.25) is 0 Å². The second-order valence-corrected chi connectivity index (χ2v) is 8.68. The molecule has 1 saturated heterocycles. The van der Waals surface area contributed by atoms with Gasteiger partial charge in [-0.05, 0) is 50.2 Å². The van der Waals surface area contributed by atoms with Gasteiger partial charge in [0.05, 0.1) is 26.9 Å². The molecular weight excluding hydrogens is 444 g/mol. The van der Waals surface area contributed by atoms with Crippen LogP contribution in [0, 0.1) is 5.82 Å². The van der Waals surface area contributed by atoms with E-state index in [0.29, 0.717) is 12.1 Å². The molecule has 1 aromatic heterocycles. The van der Waals surface area contributed by atoms with Gasteiger partial charge in [-0.1, -0.05) is 28.4 Å². The molecule has 0 aliphatic carbocycles. The lowest BCUT2D eigenvalue weighted by atomic mass is 9.91. The SMILES string of the molecule is O=C1c2c(Cl)ccc(Cl)c2C(=O)N1CCN1CCC(c2noc3cc(F)ccc23)CC1. The third kappa shape index (κ3) is 3.50. The summed E-state index contributed by atoms with van der Waals surface area (Å²) in [4.78, 5) is 28.8. The minimum absolute atomic E-state index is 0.187. The van der Waals surface area contributed by atoms with Crippen LogP contribution in [0.2, 0.25) is 10.0 Å². The molecule has 0 N–H and O–H groups in total. The number of piperidine rings is 1. The molecule has 3 heterocycles. The van der Waals surface area contributed by atoms with Crippen molar-refractivity contribution in [1.29, 1.82) is 0 Å². The molecule has 0 saturated carbocycles. The van der Waals surface area contributed by atoms with Crippen LogP contribution in [0.3, 0.4) is 0 Å². The van der Waals surface area contributed by atoms with Crippen molar-refractivity contribution in [3.05, 3.63) is 63.0 Å². The van der Waals surface area contributed by atoms with E-state index in [2.05, 4.69) is 10.1 Å². The van der Waals surface area contributed by atoms with E-state index >= 15 is 0 Å². The van der Waals surface area contributed by atoms with E-state index in [1.54, 1.807) is 6.07 Å². The van der Waals surface area contributed by atoms with Crippen LogP contribution in [-0.2, 0) is 0 Å². The first-order valence-electron chi connectivity index (χ1n) is 10.1. The number of carbonyl (C=O) groups is 2. The highest BCUT2D eigenvalue weighted by molar-refractivity contribution is 6.41. The molecule has 2 aromatic carbocycles. The first-order valence-corrected chi connectivity index (χ1v) is 10.8. The summed E-state index contributed by atoms with van der Waals surface area (Å²) in [6.07, 6.45) is 1.72. The Morgan fingerprint density at radius 2 is 1.65 bits per heavy atom. The number of halogens is 3. The number of hydrogen-bond donors (Lipinski definition) is 0. The van der Waals surface area contributed by atoms with Gasteiger partial charge in [-0.15, -0.1) is 0 Å². The van der Waals surface area contributed by atoms with Crippen LogP contribution >= 0.6 is 23.2 Å². The number of fused-ring (bicyclic) bond motifs is 2. The van der Waals surface area contributed by atoms with Crippen molar-refractivity contribution < 1.29 is 18.5 Å². The molecular formula is C22H18Cl2FN3O3. The zero-order chi connectivity index (χ0) is 21.7. The predicted molar refractivity (Wildman–Crippen MR) is 114 cm³/mol. The van der Waals surface area contributed by atoms with Crippen molar-refractivity contribution in [2.75, 3.05) is 26.2 Å². The summed E-state index contributed by atoms with van der Waals surface area (Å²) in [5.41, 5.74) is 1.69. The van der Waals surface area contributed by atoms with Gasteiger partial charge in [0, 0.05) is 30.5 Å². The smallest absolute Gasteiger partial charge is 0.263 e. The van der Waals surface area contributed by atoms with Gasteiger partial charge in [-0.3, -0.25) is 14.5 Å². The van der Waals surface area contributed by atoms with Crippen molar-refractivity contribution in [3.63, 3.8) is 0 Å². The topological polar surface area (TPSA) is 66.7 Å². The Hall–Kier alpha value is -2.48. The Morgan fingerprint density at radius 3 is 2.29 bits per heavy atom. The van der Waals surface area contributed by atoms with Crippen LogP contribution in [0.4, 0.5) is 4.39 Å². The fourth-order valence-electron chi connectivity index (χ4n) is 4.43. The zero-order valence-electron chi connectivity index (χ0n) is 16.4. The van der Waals surface area contributed by atoms with Gasteiger partial charge in [0.25, 0.3) is 11.8 Å². The number of nitrogens with zero attached hydrogens (tertiary/aromatic N) is 3. The Bertz CT molecular complexity index is 1160. The Balaban J connectivity index is 1.22. The second kappa shape index (κ2) is 7.89. The van der Waals surface area contributed by atoms with Gasteiger partial charge >= 0.3 is 0 Å². The molecule has 5 rings (SSSR count). The summed E-state index contributed by atoms with van der Waals surface area (Å²) >= 11 is 12.3. The largest absolute Gasteiger partial charge is 0.356 e. The molecule has 0 radical (unpaired) electrons. The fourth-order valence-corrected chi connectivity index (χ4v) is 4.91. The molecule has 6 nitrogen and oxygen atoms in total. The van der Waals surface area contributed by atoms with E-state index in [1.165, 1.54) is 29.2 Å². The van der Waals surface area contributed by atoms with Gasteiger partial charge in [-0.2, -0.15) is 0 Å². The molecule has 2 aliphatic heterocycles. The molecule has 9 heteroatoms. The summed E-state index contributed by atoms with van der Waals surface area (Å²) in [6.45, 7) is 2.43. The van der Waals surface area contributed by atoms with Crippen LogP contribution in [0.25, 0.3) is 11.0 Å². The standard InChI is InChI=1S/C22H18Cl2FN3O3/c23-15-3-4-16(24)19-18(15)21(29)28(22(19)30)10-9-27-7-5-12(6-8-27)20-14-2-1-13(25)11-17(14)31-26-20/h1-4,11-12H,5-10H2. The van der Waals surface area contributed by atoms with E-state index in [-0.39, 0.29) is 39.5 Å². The minimum Gasteiger partial charge on any atom is -0.356 e. The highest BCUT2D eigenvalue weighted by Crippen LogP contribution is 2.35. The fraction of sp³-hybridized carbons (Fsp3) is 0.318. The Morgan fingerprint density at radius 1 is 1.00 bits per heavy atom. The average Bonchev–Trinajstić information content (AvgIpc) is 3.29. The maximum absolute atomic E-state index is 13.4. The Labute approximate surface area is 187 Å². The molecule has 3 aromatic rings. The number of imide groups is 1. The highest BCUT2D eigenvalue weighted by atomic mass is 35.5. The van der Waals surface area contributed by atoms with E-state index in [1.807, 2.05) is 0 Å². The summed E-state index contributed by atoms with van der Waals surface area (Å²) in [5.74, 6) is -0.923. The summed E-state index contributed by atoms with van der Waals surface area (Å²) in [6, 6.07) is 7.54. The van der Waals surface area contributed by atoms with Gasteiger partial charge in [-0.25, -0.2) is 4.39 Å². The number of hydrogen-bond acceptors (Lipinski definition) is 5. The zero-order valence-corrected chi connectivity index (χ0v) is 17.9. The Kier molecular flexibility index (Phi) is 5.20. The van der Waals surface area contributed by atoms with Crippen LogP contribution < -0.4 is 0 Å². The normalized spacial score (nSPS) is 17.7. The molecule has 0 spiro atoms. The average molecular weight is 462 g/mol. The molecule has 0 bridgehead atoms. The molecule has 0 unspecified atom stereocenters. The third-order valence-corrected chi connectivity index (χ3v) is 6.73. The number of likely N-dealkylation sites (tertiary alicyclic amines) is 1. The van der Waals surface area contributed by atoms with Crippen molar-refractivity contribution in [2.24, 2.45) is 0 Å². The molecule has 2 amide bonds. The predicted octanol–water partition coefficient (Wildman–Crippen LogP) is 4.75. The van der Waals surface area contributed by atoms with E-state index in [0.717, 1.165) is 37.0 Å². The lowest BCUT2D eigenvalue weighted by Crippen LogP contribution is -2.41. The molecule has 160 valence electrons. The lowest BCUT2D eigenvalue weighted by molar-refractivity contribution is 0.0629. The van der Waals surface area contributed by atoms with Crippen LogP contribution in [0.15, 0.2) is 34.9 Å². The van der Waals surface area contributed by atoms with Crippen molar-refractivity contribution in [2.45, 2.75) is 18.8 Å². The van der Waals surface area contributed by atoms with Crippen molar-refractivity contribution in [3.8, 4) is 0 Å². The number of rotatable bonds is 4. The van der Waals surface area contributed by atoms with Crippen molar-refractivity contribution >= 4 is 46.0 Å². The minimum atomic E-state index is -0.399. The molecule has 31 heavy (non-hydrogen) atoms. The first kappa shape index (κ1) is 20.4. The monoisotopic (exact) mass is 461 g/mol. The number of carbonyl (C=O) groups excluding carboxylic acids is 2. The lowest BCUT2D eigenvalue weighted by Gasteiger charge is -2.32. The van der Waals surface area contributed by atoms with Crippen LogP contribution in [0.5, 0.6) is 0 Å². The number of amides is 2. The third-order valence-electron chi connectivity index (χ3n) is 6.10. The first-order chi connectivity index (χ1) is 14.9. The second-order valence-electron chi connectivity index (χ2n) is 7.87. The van der Waals surface area contributed by atoms with Gasteiger partial charge in [0.15, 0.2) is 5.58 Å². The maximum atomic E-state index is 13.4. The maximum Gasteiger partial charge on any atom is 0.263 e. The highest BCUT2D eigenvalue weighted by Gasteiger charge is 2.39. The van der Waals surface area contributed by atoms with E-state index < -0.39 is 11.8 Å². The molecule has 2 aliphatic rings. The van der Waals surface area contributed by atoms with E-state index in [9.17, 15) is 14.0 Å². The summed E-state index contributed by atoms with van der Waals surface area (Å²) < 4.78 is 18.7. The van der Waals surface area contributed by atoms with Crippen molar-refractivity contribution in [1.82, 2.24) is 15.0 Å². The summed E-state index contributed by atoms with van der Waals surface area (Å²) in [5, 5.41) is 5.49. The van der Waals surface area contributed by atoms with Crippen LogP contribution in [0.1, 0.15) is 45.2 Å².